The zero-order chi connectivity index (χ0) is 15.1. The SMILES string of the molecule is O=c1[nH]c2ccc(N=Cc3cc4c(cc3Cl)OCO4)cc2[nH]1. The van der Waals surface area contributed by atoms with Crippen molar-refractivity contribution >= 4 is 34.5 Å². The van der Waals surface area contributed by atoms with Gasteiger partial charge in [-0.15, -0.1) is 0 Å². The van der Waals surface area contributed by atoms with Crippen LogP contribution in [0.4, 0.5) is 5.69 Å². The number of imidazole rings is 1. The molecular formula is C15H10ClN3O3. The number of ether oxygens (including phenoxy) is 2. The Kier molecular flexibility index (Phi) is 2.90. The Morgan fingerprint density at radius 1 is 1.09 bits per heavy atom. The minimum absolute atomic E-state index is 0.198. The average Bonchev–Trinajstić information content (AvgIpc) is 3.08. The Morgan fingerprint density at radius 2 is 1.86 bits per heavy atom. The monoisotopic (exact) mass is 315 g/mol. The zero-order valence-electron chi connectivity index (χ0n) is 11.2. The van der Waals surface area contributed by atoms with E-state index in [1.807, 2.05) is 6.07 Å². The van der Waals surface area contributed by atoms with E-state index in [0.29, 0.717) is 27.7 Å². The maximum atomic E-state index is 11.2. The summed E-state index contributed by atoms with van der Waals surface area (Å²) >= 11 is 6.19. The van der Waals surface area contributed by atoms with Crippen LogP contribution in [0.15, 0.2) is 40.1 Å². The Hall–Kier alpha value is -2.73. The molecule has 1 aliphatic rings. The fraction of sp³-hybridized carbons (Fsp3) is 0.0667. The van der Waals surface area contributed by atoms with Gasteiger partial charge < -0.3 is 19.4 Å². The van der Waals surface area contributed by atoms with Gasteiger partial charge >= 0.3 is 5.69 Å². The first-order valence-electron chi connectivity index (χ1n) is 6.54. The van der Waals surface area contributed by atoms with Crippen molar-refractivity contribution in [1.29, 1.82) is 0 Å². The largest absolute Gasteiger partial charge is 0.454 e. The molecule has 1 aromatic heterocycles. The van der Waals surface area contributed by atoms with Gasteiger partial charge in [-0.1, -0.05) is 11.6 Å². The number of halogens is 1. The Morgan fingerprint density at radius 3 is 2.73 bits per heavy atom. The van der Waals surface area contributed by atoms with E-state index in [9.17, 15) is 4.79 Å². The summed E-state index contributed by atoms with van der Waals surface area (Å²) in [6, 6.07) is 8.87. The molecule has 0 saturated carbocycles. The van der Waals surface area contributed by atoms with Crippen molar-refractivity contribution in [3.8, 4) is 11.5 Å². The van der Waals surface area contributed by atoms with Crippen LogP contribution in [0.5, 0.6) is 11.5 Å². The topological polar surface area (TPSA) is 79.5 Å². The number of aromatic nitrogens is 2. The van der Waals surface area contributed by atoms with Crippen LogP contribution in [0.2, 0.25) is 5.02 Å². The fourth-order valence-electron chi connectivity index (χ4n) is 2.28. The molecule has 0 aliphatic carbocycles. The summed E-state index contributed by atoms with van der Waals surface area (Å²) in [6.45, 7) is 0.198. The molecule has 3 aromatic rings. The smallest absolute Gasteiger partial charge is 0.323 e. The first kappa shape index (κ1) is 13.0. The molecule has 1 aliphatic heterocycles. The normalized spacial score (nSPS) is 13.3. The second-order valence-corrected chi connectivity index (χ2v) is 5.20. The molecule has 0 atom stereocenters. The van der Waals surface area contributed by atoms with E-state index in [1.54, 1.807) is 30.5 Å². The molecule has 0 fully saturated rings. The summed E-state index contributed by atoms with van der Waals surface area (Å²) in [5.74, 6) is 1.28. The number of rotatable bonds is 2. The first-order chi connectivity index (χ1) is 10.7. The number of hydrogen-bond donors (Lipinski definition) is 2. The second-order valence-electron chi connectivity index (χ2n) is 4.79. The standard InChI is InChI=1S/C15H10ClN3O3/c16-10-5-14-13(21-7-22-14)3-8(10)6-17-9-1-2-11-12(4-9)19-15(20)18-11/h1-6H,7H2,(H2,18,19,20). The number of nitrogens with zero attached hydrogens (tertiary/aromatic N) is 1. The zero-order valence-corrected chi connectivity index (χ0v) is 12.0. The lowest BCUT2D eigenvalue weighted by atomic mass is 10.2. The van der Waals surface area contributed by atoms with Gasteiger partial charge in [0.1, 0.15) is 0 Å². The molecule has 0 radical (unpaired) electrons. The number of hydrogen-bond acceptors (Lipinski definition) is 4. The number of benzene rings is 2. The number of aromatic amines is 2. The number of H-pyrrole nitrogens is 2. The van der Waals surface area contributed by atoms with Gasteiger partial charge in [-0.05, 0) is 24.3 Å². The molecule has 0 amide bonds. The highest BCUT2D eigenvalue weighted by Gasteiger charge is 2.15. The molecule has 0 saturated heterocycles. The van der Waals surface area contributed by atoms with Gasteiger partial charge in [-0.2, -0.15) is 0 Å². The van der Waals surface area contributed by atoms with Crippen LogP contribution in [0, 0.1) is 0 Å². The van der Waals surface area contributed by atoms with Gasteiger partial charge in [0.25, 0.3) is 0 Å². The molecule has 2 N–H and O–H groups in total. The van der Waals surface area contributed by atoms with Crippen LogP contribution >= 0.6 is 11.6 Å². The summed E-state index contributed by atoms with van der Waals surface area (Å²) in [4.78, 5) is 21.0. The minimum Gasteiger partial charge on any atom is -0.454 e. The highest BCUT2D eigenvalue weighted by Crippen LogP contribution is 2.36. The summed E-state index contributed by atoms with van der Waals surface area (Å²) in [5.41, 5.74) is 2.64. The Labute approximate surface area is 129 Å². The highest BCUT2D eigenvalue weighted by atomic mass is 35.5. The summed E-state index contributed by atoms with van der Waals surface area (Å²) in [5, 5.41) is 0.532. The molecule has 0 bridgehead atoms. The molecule has 4 rings (SSSR count). The second kappa shape index (κ2) is 4.92. The van der Waals surface area contributed by atoms with Gasteiger partial charge in [0.05, 0.1) is 21.7 Å². The van der Waals surface area contributed by atoms with Crippen molar-refractivity contribution < 1.29 is 9.47 Å². The van der Waals surface area contributed by atoms with Crippen molar-refractivity contribution in [1.82, 2.24) is 9.97 Å². The molecular weight excluding hydrogens is 306 g/mol. The molecule has 0 unspecified atom stereocenters. The van der Waals surface area contributed by atoms with E-state index in [0.717, 1.165) is 11.1 Å². The van der Waals surface area contributed by atoms with Crippen molar-refractivity contribution in [3.63, 3.8) is 0 Å². The first-order valence-corrected chi connectivity index (χ1v) is 6.92. The lowest BCUT2D eigenvalue weighted by Gasteiger charge is -2.01. The van der Waals surface area contributed by atoms with Crippen LogP contribution in [-0.4, -0.2) is 23.0 Å². The maximum absolute atomic E-state index is 11.2. The predicted molar refractivity (Wildman–Crippen MR) is 83.7 cm³/mol. The number of aliphatic imine (C=N–C) groups is 1. The van der Waals surface area contributed by atoms with Crippen molar-refractivity contribution in [2.45, 2.75) is 0 Å². The lowest BCUT2D eigenvalue weighted by molar-refractivity contribution is 0.174. The van der Waals surface area contributed by atoms with Crippen LogP contribution in [0.1, 0.15) is 5.56 Å². The van der Waals surface area contributed by atoms with E-state index in [-0.39, 0.29) is 12.5 Å². The molecule has 6 nitrogen and oxygen atoms in total. The third kappa shape index (κ3) is 2.23. The van der Waals surface area contributed by atoms with E-state index in [2.05, 4.69) is 15.0 Å². The average molecular weight is 316 g/mol. The Bertz CT molecular complexity index is 958. The summed E-state index contributed by atoms with van der Waals surface area (Å²) in [6.07, 6.45) is 1.65. The molecule has 2 aromatic carbocycles. The van der Waals surface area contributed by atoms with Crippen molar-refractivity contribution in [2.75, 3.05) is 6.79 Å². The van der Waals surface area contributed by atoms with Gasteiger partial charge in [-0.3, -0.25) is 4.99 Å². The third-order valence-electron chi connectivity index (χ3n) is 3.34. The quantitative estimate of drug-likeness (QED) is 0.713. The van der Waals surface area contributed by atoms with E-state index in [1.165, 1.54) is 0 Å². The third-order valence-corrected chi connectivity index (χ3v) is 3.67. The fourth-order valence-corrected chi connectivity index (χ4v) is 2.48. The Balaban J connectivity index is 1.69. The van der Waals surface area contributed by atoms with E-state index < -0.39 is 0 Å². The van der Waals surface area contributed by atoms with Crippen LogP contribution in [-0.2, 0) is 0 Å². The van der Waals surface area contributed by atoms with Gasteiger partial charge in [0.15, 0.2) is 11.5 Å². The molecule has 7 heteroatoms. The van der Waals surface area contributed by atoms with Crippen molar-refractivity contribution in [3.05, 3.63) is 51.4 Å². The summed E-state index contributed by atoms with van der Waals surface area (Å²) in [7, 11) is 0. The van der Waals surface area contributed by atoms with Gasteiger partial charge in [-0.25, -0.2) is 4.79 Å². The van der Waals surface area contributed by atoms with Crippen LogP contribution in [0.3, 0.4) is 0 Å². The lowest BCUT2D eigenvalue weighted by Crippen LogP contribution is -1.99. The van der Waals surface area contributed by atoms with Gasteiger partial charge in [0, 0.05) is 17.8 Å². The summed E-state index contributed by atoms with van der Waals surface area (Å²) < 4.78 is 10.6. The van der Waals surface area contributed by atoms with E-state index in [4.69, 9.17) is 21.1 Å². The molecule has 110 valence electrons. The molecule has 0 spiro atoms. The van der Waals surface area contributed by atoms with E-state index >= 15 is 0 Å². The maximum Gasteiger partial charge on any atom is 0.323 e. The number of nitrogens with one attached hydrogen (secondary N) is 2. The van der Waals surface area contributed by atoms with Gasteiger partial charge in [0.2, 0.25) is 6.79 Å². The minimum atomic E-state index is -0.241. The predicted octanol–water partition coefficient (Wildman–Crippen LogP) is 2.99. The van der Waals surface area contributed by atoms with Crippen LogP contribution < -0.4 is 15.2 Å². The van der Waals surface area contributed by atoms with Crippen molar-refractivity contribution in [2.24, 2.45) is 4.99 Å². The highest BCUT2D eigenvalue weighted by molar-refractivity contribution is 6.33. The molecule has 2 heterocycles. The number of fused-ring (bicyclic) bond motifs is 2. The van der Waals surface area contributed by atoms with Crippen LogP contribution in [0.25, 0.3) is 11.0 Å². The molecule has 22 heavy (non-hydrogen) atoms.